The van der Waals surface area contributed by atoms with Gasteiger partial charge in [0.05, 0.1) is 0 Å². The van der Waals surface area contributed by atoms with Gasteiger partial charge in [-0.2, -0.15) is 0 Å². The molecule has 0 heterocycles. The molecule has 0 spiro atoms. The maximum absolute atomic E-state index is 4.83. The lowest BCUT2D eigenvalue weighted by atomic mass is 10.8. The van der Waals surface area contributed by atoms with Crippen molar-refractivity contribution < 1.29 is 4.74 Å². The van der Waals surface area contributed by atoms with Crippen LogP contribution >= 0.6 is 0 Å². The van der Waals surface area contributed by atoms with Gasteiger partial charge in [0.1, 0.15) is 0 Å². The smallest absolute Gasteiger partial charge is 0.0437 e. The first-order chi connectivity index (χ1) is 4.15. The van der Waals surface area contributed by atoms with Crippen molar-refractivity contribution >= 4 is 8.80 Å². The van der Waals surface area contributed by atoms with Crippen molar-refractivity contribution in [3.8, 4) is 0 Å². The third-order valence-corrected chi connectivity index (χ3v) is 0.408. The molecule has 0 N–H and O–H groups in total. The van der Waals surface area contributed by atoms with Crippen LogP contribution in [0.15, 0.2) is 0 Å². The lowest BCUT2D eigenvalue weighted by molar-refractivity contribution is 0.162. The Balaban J connectivity index is 0. The van der Waals surface area contributed by atoms with Gasteiger partial charge in [-0.3, -0.25) is 0 Å². The molecule has 0 aromatic carbocycles. The summed E-state index contributed by atoms with van der Waals surface area (Å²) in [5.41, 5.74) is 0. The van der Waals surface area contributed by atoms with E-state index in [1.54, 1.807) is 0 Å². The molecule has 0 amide bonds. The Labute approximate surface area is 61.0 Å². The van der Waals surface area contributed by atoms with Crippen LogP contribution in [0, 0.1) is 0 Å². The van der Waals surface area contributed by atoms with Gasteiger partial charge in [0.25, 0.3) is 0 Å². The fraction of sp³-hybridized carbons (Fsp3) is 1.00. The van der Waals surface area contributed by atoms with Crippen LogP contribution in [0.4, 0.5) is 0 Å². The van der Waals surface area contributed by atoms with E-state index in [4.69, 9.17) is 4.74 Å². The van der Waals surface area contributed by atoms with E-state index < -0.39 is 0 Å². The summed E-state index contributed by atoms with van der Waals surface area (Å²) in [5.74, 6) is 0. The predicted octanol–water partition coefficient (Wildman–Crippen LogP) is 2.15. The lowest BCUT2D eigenvalue weighted by Gasteiger charge is -1.86. The third-order valence-electron chi connectivity index (χ3n) is 0.408. The Hall–Kier alpha value is 0.177. The summed E-state index contributed by atoms with van der Waals surface area (Å²) in [6, 6.07) is 0. The van der Waals surface area contributed by atoms with Crippen LogP contribution in [0.25, 0.3) is 0 Å². The molecule has 0 bridgehead atoms. The molecule has 0 unspecified atom stereocenters. The molecule has 0 atom stereocenters. The van der Waals surface area contributed by atoms with Gasteiger partial charge in [-0.05, 0) is 13.8 Å². The Morgan fingerprint density at radius 2 is 1.22 bits per heavy atom. The minimum atomic E-state index is -0.139. The average molecular weight is 148 g/mol. The van der Waals surface area contributed by atoms with Gasteiger partial charge < -0.3 is 4.74 Å². The molecule has 0 saturated carbocycles. The molecular weight excluding hydrogens is 128 g/mol. The maximum Gasteiger partial charge on any atom is 0.0437 e. The SMILES string of the molecule is CCOCC.C[SiH](C)C. The van der Waals surface area contributed by atoms with E-state index in [2.05, 4.69) is 19.6 Å². The van der Waals surface area contributed by atoms with Crippen molar-refractivity contribution in [1.82, 2.24) is 0 Å². The molecule has 0 aliphatic heterocycles. The summed E-state index contributed by atoms with van der Waals surface area (Å²) in [4.78, 5) is 0. The van der Waals surface area contributed by atoms with Gasteiger partial charge >= 0.3 is 0 Å². The predicted molar refractivity (Wildman–Crippen MR) is 46.9 cm³/mol. The van der Waals surface area contributed by atoms with E-state index >= 15 is 0 Å². The third kappa shape index (κ3) is 65.8. The molecule has 0 fully saturated rings. The normalized spacial score (nSPS) is 8.67. The van der Waals surface area contributed by atoms with E-state index in [9.17, 15) is 0 Å². The maximum atomic E-state index is 4.83. The fourth-order valence-electron chi connectivity index (χ4n) is 0.204. The van der Waals surface area contributed by atoms with E-state index in [-0.39, 0.29) is 8.80 Å². The fourth-order valence-corrected chi connectivity index (χ4v) is 0.204. The zero-order valence-electron chi connectivity index (χ0n) is 7.40. The first-order valence-corrected chi connectivity index (χ1v) is 7.19. The highest BCUT2D eigenvalue weighted by molar-refractivity contribution is 6.54. The van der Waals surface area contributed by atoms with Crippen molar-refractivity contribution in [2.24, 2.45) is 0 Å². The summed E-state index contributed by atoms with van der Waals surface area (Å²) < 4.78 is 4.83. The Kier molecular flexibility index (Phi) is 14.6. The monoisotopic (exact) mass is 148 g/mol. The largest absolute Gasteiger partial charge is 0.382 e. The first-order valence-electron chi connectivity index (χ1n) is 3.72. The van der Waals surface area contributed by atoms with Crippen LogP contribution in [0.3, 0.4) is 0 Å². The second-order valence-electron chi connectivity index (χ2n) is 2.51. The van der Waals surface area contributed by atoms with Crippen LogP contribution in [-0.4, -0.2) is 22.0 Å². The van der Waals surface area contributed by atoms with Gasteiger partial charge in [-0.25, -0.2) is 0 Å². The molecule has 0 radical (unpaired) electrons. The van der Waals surface area contributed by atoms with Crippen LogP contribution in [0.5, 0.6) is 0 Å². The highest BCUT2D eigenvalue weighted by Crippen LogP contribution is 1.68. The topological polar surface area (TPSA) is 9.23 Å². The molecule has 0 aromatic heterocycles. The minimum absolute atomic E-state index is 0.139. The molecular formula is C7H20OSi. The molecule has 0 saturated heterocycles. The van der Waals surface area contributed by atoms with Gasteiger partial charge in [0, 0.05) is 22.0 Å². The molecule has 2 heteroatoms. The molecule has 9 heavy (non-hydrogen) atoms. The van der Waals surface area contributed by atoms with E-state index in [1.165, 1.54) is 0 Å². The minimum Gasteiger partial charge on any atom is -0.382 e. The summed E-state index contributed by atoms with van der Waals surface area (Å²) in [6.07, 6.45) is 0. The zero-order valence-corrected chi connectivity index (χ0v) is 8.55. The zero-order chi connectivity index (χ0) is 7.70. The van der Waals surface area contributed by atoms with Crippen LogP contribution in [-0.2, 0) is 4.74 Å². The van der Waals surface area contributed by atoms with Gasteiger partial charge in [-0.15, -0.1) is 0 Å². The molecule has 0 aromatic rings. The summed E-state index contributed by atoms with van der Waals surface area (Å²) in [7, 11) is -0.139. The summed E-state index contributed by atoms with van der Waals surface area (Å²) in [6.45, 7) is 12.6. The average Bonchev–Trinajstić information content (AvgIpc) is 1.66. The van der Waals surface area contributed by atoms with Crippen molar-refractivity contribution in [2.75, 3.05) is 13.2 Å². The summed E-state index contributed by atoms with van der Waals surface area (Å²) in [5, 5.41) is 0. The number of hydrogen-bond donors (Lipinski definition) is 0. The number of rotatable bonds is 2. The standard InChI is InChI=1S/C4H10O.C3H10Si/c1-3-5-4-2;1-4(2)3/h3-4H2,1-2H3;4H,1-3H3. The van der Waals surface area contributed by atoms with Gasteiger partial charge in [0.2, 0.25) is 0 Å². The molecule has 0 aliphatic rings. The van der Waals surface area contributed by atoms with Crippen LogP contribution in [0.1, 0.15) is 13.8 Å². The van der Waals surface area contributed by atoms with Gasteiger partial charge in [-0.1, -0.05) is 19.6 Å². The quantitative estimate of drug-likeness (QED) is 0.545. The first kappa shape index (κ1) is 11.9. The molecule has 0 rings (SSSR count). The highest BCUT2D eigenvalue weighted by Gasteiger charge is 1.71. The Morgan fingerprint density at radius 1 is 1.00 bits per heavy atom. The van der Waals surface area contributed by atoms with E-state index in [0.29, 0.717) is 0 Å². The van der Waals surface area contributed by atoms with Crippen molar-refractivity contribution in [3.05, 3.63) is 0 Å². The lowest BCUT2D eigenvalue weighted by Crippen LogP contribution is -1.84. The van der Waals surface area contributed by atoms with Crippen molar-refractivity contribution in [3.63, 3.8) is 0 Å². The van der Waals surface area contributed by atoms with E-state index in [0.717, 1.165) is 13.2 Å². The van der Waals surface area contributed by atoms with E-state index in [1.807, 2.05) is 13.8 Å². The Morgan fingerprint density at radius 3 is 1.22 bits per heavy atom. The molecule has 1 nitrogen and oxygen atoms in total. The second kappa shape index (κ2) is 11.0. The molecule has 0 aliphatic carbocycles. The molecule has 58 valence electrons. The summed E-state index contributed by atoms with van der Waals surface area (Å²) >= 11 is 0. The van der Waals surface area contributed by atoms with Crippen molar-refractivity contribution in [1.29, 1.82) is 0 Å². The van der Waals surface area contributed by atoms with Crippen LogP contribution < -0.4 is 0 Å². The van der Waals surface area contributed by atoms with Gasteiger partial charge in [0.15, 0.2) is 0 Å². The highest BCUT2D eigenvalue weighted by atomic mass is 28.3. The number of ether oxygens (including phenoxy) is 1. The van der Waals surface area contributed by atoms with Crippen molar-refractivity contribution in [2.45, 2.75) is 33.5 Å². The van der Waals surface area contributed by atoms with Crippen LogP contribution in [0.2, 0.25) is 19.6 Å². The number of hydrogen-bond acceptors (Lipinski definition) is 1. The Bertz CT molecular complexity index is 33.1. The second-order valence-corrected chi connectivity index (χ2v) is 5.98.